The number of nitrogens with zero attached hydrogens (tertiary/aromatic N) is 1. The van der Waals surface area contributed by atoms with Gasteiger partial charge in [0.1, 0.15) is 11.5 Å². The van der Waals surface area contributed by atoms with Crippen LogP contribution >= 0.6 is 0 Å². The van der Waals surface area contributed by atoms with Gasteiger partial charge in [0, 0.05) is 18.0 Å². The van der Waals surface area contributed by atoms with Gasteiger partial charge in [0.15, 0.2) is 0 Å². The zero-order valence-electron chi connectivity index (χ0n) is 15.8. The highest BCUT2D eigenvalue weighted by atomic mass is 32.2. The molecule has 3 aromatic rings. The van der Waals surface area contributed by atoms with E-state index in [9.17, 15) is 13.2 Å². The molecule has 0 aliphatic carbocycles. The van der Waals surface area contributed by atoms with Gasteiger partial charge in [-0.2, -0.15) is 0 Å². The third-order valence-corrected chi connectivity index (χ3v) is 6.19. The van der Waals surface area contributed by atoms with Crippen LogP contribution in [-0.4, -0.2) is 39.7 Å². The summed E-state index contributed by atoms with van der Waals surface area (Å²) in [5.41, 5.74) is 1.23. The molecule has 0 bridgehead atoms. The summed E-state index contributed by atoms with van der Waals surface area (Å²) in [6.45, 7) is 0. The lowest BCUT2D eigenvalue weighted by Gasteiger charge is -2.09. The van der Waals surface area contributed by atoms with Gasteiger partial charge < -0.3 is 14.2 Å². The molecule has 0 radical (unpaired) electrons. The van der Waals surface area contributed by atoms with Crippen molar-refractivity contribution in [1.82, 2.24) is 3.97 Å². The largest absolute Gasteiger partial charge is 0.497 e. The van der Waals surface area contributed by atoms with E-state index in [1.54, 1.807) is 43.6 Å². The van der Waals surface area contributed by atoms with Gasteiger partial charge in [-0.3, -0.25) is 4.79 Å². The predicted octanol–water partition coefficient (Wildman–Crippen LogP) is 3.00. The van der Waals surface area contributed by atoms with Crippen LogP contribution in [0, 0.1) is 0 Å². The maximum Gasteiger partial charge on any atom is 0.305 e. The Morgan fingerprint density at radius 2 is 1.61 bits per heavy atom. The van der Waals surface area contributed by atoms with E-state index in [1.807, 2.05) is 0 Å². The van der Waals surface area contributed by atoms with Gasteiger partial charge in [-0.05, 0) is 54.4 Å². The van der Waals surface area contributed by atoms with Gasteiger partial charge in [0.25, 0.3) is 10.0 Å². The summed E-state index contributed by atoms with van der Waals surface area (Å²) in [4.78, 5) is 11.7. The van der Waals surface area contributed by atoms with Crippen molar-refractivity contribution in [3.63, 3.8) is 0 Å². The zero-order valence-corrected chi connectivity index (χ0v) is 16.7. The van der Waals surface area contributed by atoms with Crippen molar-refractivity contribution in [3.05, 3.63) is 54.2 Å². The number of aryl methyl sites for hydroxylation is 1. The fraction of sp³-hybridized carbons (Fsp3) is 0.250. The third kappa shape index (κ3) is 3.68. The SMILES string of the molecule is COC(=O)CCc1cn(S(=O)(=O)c2ccc(OC)cc2)c2ccc(OC)cc12. The van der Waals surface area contributed by atoms with Crippen LogP contribution in [0.5, 0.6) is 11.5 Å². The Morgan fingerprint density at radius 3 is 2.21 bits per heavy atom. The normalized spacial score (nSPS) is 11.4. The van der Waals surface area contributed by atoms with E-state index < -0.39 is 10.0 Å². The molecule has 0 saturated heterocycles. The molecule has 0 amide bonds. The Hall–Kier alpha value is -3.00. The molecule has 8 heteroatoms. The minimum Gasteiger partial charge on any atom is -0.497 e. The molecule has 1 aromatic heterocycles. The first-order valence-electron chi connectivity index (χ1n) is 8.55. The first kappa shape index (κ1) is 19.8. The van der Waals surface area contributed by atoms with Crippen molar-refractivity contribution in [3.8, 4) is 11.5 Å². The van der Waals surface area contributed by atoms with Crippen LogP contribution in [0.2, 0.25) is 0 Å². The van der Waals surface area contributed by atoms with Crippen molar-refractivity contribution in [2.75, 3.05) is 21.3 Å². The minimum absolute atomic E-state index is 0.139. The average molecular weight is 403 g/mol. The molecule has 148 valence electrons. The number of ether oxygens (including phenoxy) is 3. The summed E-state index contributed by atoms with van der Waals surface area (Å²) >= 11 is 0. The number of fused-ring (bicyclic) bond motifs is 1. The van der Waals surface area contributed by atoms with Crippen LogP contribution < -0.4 is 9.47 Å². The van der Waals surface area contributed by atoms with Crippen molar-refractivity contribution in [1.29, 1.82) is 0 Å². The lowest BCUT2D eigenvalue weighted by atomic mass is 10.1. The van der Waals surface area contributed by atoms with Crippen LogP contribution in [0.25, 0.3) is 10.9 Å². The Balaban J connectivity index is 2.12. The van der Waals surface area contributed by atoms with Crippen LogP contribution in [0.4, 0.5) is 0 Å². The van der Waals surface area contributed by atoms with Crippen LogP contribution in [0.15, 0.2) is 53.6 Å². The smallest absolute Gasteiger partial charge is 0.305 e. The minimum atomic E-state index is -3.83. The van der Waals surface area contributed by atoms with Crippen molar-refractivity contribution < 1.29 is 27.4 Å². The molecule has 3 rings (SSSR count). The van der Waals surface area contributed by atoms with E-state index >= 15 is 0 Å². The lowest BCUT2D eigenvalue weighted by molar-refractivity contribution is -0.140. The first-order valence-corrected chi connectivity index (χ1v) is 9.99. The number of methoxy groups -OCH3 is 3. The molecule has 0 fully saturated rings. The molecule has 0 aliphatic rings. The number of aromatic nitrogens is 1. The number of rotatable bonds is 7. The van der Waals surface area contributed by atoms with E-state index in [0.717, 1.165) is 5.56 Å². The number of hydrogen-bond acceptors (Lipinski definition) is 6. The predicted molar refractivity (Wildman–Crippen MR) is 104 cm³/mol. The highest BCUT2D eigenvalue weighted by Crippen LogP contribution is 2.30. The standard InChI is InChI=1S/C20H21NO6S/c1-25-15-5-8-17(9-6-15)28(23,24)21-13-14(4-11-20(22)27-3)18-12-16(26-2)7-10-19(18)21/h5-10,12-13H,4,11H2,1-3H3. The maximum absolute atomic E-state index is 13.2. The summed E-state index contributed by atoms with van der Waals surface area (Å²) in [6.07, 6.45) is 2.05. The molecule has 0 spiro atoms. The van der Waals surface area contributed by atoms with Crippen molar-refractivity contribution >= 4 is 26.9 Å². The molecular weight excluding hydrogens is 382 g/mol. The van der Waals surface area contributed by atoms with Gasteiger partial charge in [0.05, 0.1) is 31.7 Å². The van der Waals surface area contributed by atoms with Gasteiger partial charge >= 0.3 is 5.97 Å². The quantitative estimate of drug-likeness (QED) is 0.564. The second-order valence-corrected chi connectivity index (χ2v) is 7.90. The van der Waals surface area contributed by atoms with Crippen LogP contribution in [-0.2, 0) is 26.0 Å². The number of hydrogen-bond donors (Lipinski definition) is 0. The van der Waals surface area contributed by atoms with E-state index in [-0.39, 0.29) is 17.3 Å². The summed E-state index contributed by atoms with van der Waals surface area (Å²) in [7, 11) is 0.553. The molecular formula is C20H21NO6S. The molecule has 0 aliphatic heterocycles. The van der Waals surface area contributed by atoms with Gasteiger partial charge in [-0.25, -0.2) is 12.4 Å². The Bertz CT molecular complexity index is 1100. The van der Waals surface area contributed by atoms with Gasteiger partial charge in [-0.15, -0.1) is 0 Å². The Morgan fingerprint density at radius 1 is 0.964 bits per heavy atom. The number of benzene rings is 2. The molecule has 1 heterocycles. The molecule has 28 heavy (non-hydrogen) atoms. The molecule has 0 N–H and O–H groups in total. The summed E-state index contributed by atoms with van der Waals surface area (Å²) < 4.78 is 42.7. The fourth-order valence-electron chi connectivity index (χ4n) is 2.97. The van der Waals surface area contributed by atoms with Crippen LogP contribution in [0.3, 0.4) is 0 Å². The fourth-order valence-corrected chi connectivity index (χ4v) is 4.36. The zero-order chi connectivity index (χ0) is 20.3. The first-order chi connectivity index (χ1) is 13.4. The molecule has 0 unspecified atom stereocenters. The van der Waals surface area contributed by atoms with Crippen LogP contribution in [0.1, 0.15) is 12.0 Å². The molecule has 2 aromatic carbocycles. The van der Waals surface area contributed by atoms with Crippen molar-refractivity contribution in [2.45, 2.75) is 17.7 Å². The maximum atomic E-state index is 13.2. The number of carbonyl (C=O) groups excluding carboxylic acids is 1. The highest BCUT2D eigenvalue weighted by molar-refractivity contribution is 7.90. The average Bonchev–Trinajstić information content (AvgIpc) is 3.10. The third-order valence-electron chi connectivity index (χ3n) is 4.50. The second kappa shape index (κ2) is 7.93. The van der Waals surface area contributed by atoms with E-state index in [4.69, 9.17) is 14.2 Å². The van der Waals surface area contributed by atoms with E-state index in [1.165, 1.54) is 30.3 Å². The van der Waals surface area contributed by atoms with Gasteiger partial charge in [0.2, 0.25) is 0 Å². The Labute approximate surface area is 163 Å². The summed E-state index contributed by atoms with van der Waals surface area (Å²) in [5.74, 6) is 0.813. The summed E-state index contributed by atoms with van der Waals surface area (Å²) in [6, 6.07) is 11.3. The topological polar surface area (TPSA) is 83.8 Å². The molecule has 0 saturated carbocycles. The number of esters is 1. The highest BCUT2D eigenvalue weighted by Gasteiger charge is 2.22. The Kier molecular flexibility index (Phi) is 5.60. The lowest BCUT2D eigenvalue weighted by Crippen LogP contribution is -2.11. The van der Waals surface area contributed by atoms with Gasteiger partial charge in [-0.1, -0.05) is 0 Å². The summed E-state index contributed by atoms with van der Waals surface area (Å²) in [5, 5.41) is 0.709. The molecule has 0 atom stereocenters. The second-order valence-electron chi connectivity index (χ2n) is 6.09. The van der Waals surface area contributed by atoms with Crippen molar-refractivity contribution in [2.24, 2.45) is 0 Å². The van der Waals surface area contributed by atoms with E-state index in [0.29, 0.717) is 28.8 Å². The number of carbonyl (C=O) groups is 1. The monoisotopic (exact) mass is 403 g/mol. The van der Waals surface area contributed by atoms with E-state index in [2.05, 4.69) is 0 Å². The molecule has 7 nitrogen and oxygen atoms in total.